The third-order valence-electron chi connectivity index (χ3n) is 2.49. The summed E-state index contributed by atoms with van der Waals surface area (Å²) in [5, 5.41) is 0. The summed E-state index contributed by atoms with van der Waals surface area (Å²) in [7, 11) is -3.30. The lowest BCUT2D eigenvalue weighted by Crippen LogP contribution is -2.04. The van der Waals surface area contributed by atoms with E-state index in [0.717, 1.165) is 31.9 Å². The van der Waals surface area contributed by atoms with Gasteiger partial charge in [0.05, 0.1) is 25.9 Å². The van der Waals surface area contributed by atoms with E-state index in [1.54, 1.807) is 0 Å². The van der Waals surface area contributed by atoms with Crippen LogP contribution in [0.4, 0.5) is 0 Å². The highest BCUT2D eigenvalue weighted by molar-refractivity contribution is 7.85. The Bertz CT molecular complexity index is 322. The van der Waals surface area contributed by atoms with Crippen LogP contribution in [0.2, 0.25) is 0 Å². The number of carbonyl (C=O) groups excluding carboxylic acids is 1. The lowest BCUT2D eigenvalue weighted by molar-refractivity contribution is -0.137. The monoisotopic (exact) mass is 250 g/mol. The highest BCUT2D eigenvalue weighted by Gasteiger charge is 2.22. The van der Waals surface area contributed by atoms with E-state index in [2.05, 4.69) is 4.18 Å². The summed E-state index contributed by atoms with van der Waals surface area (Å²) in [5.41, 5.74) is 0. The predicted molar refractivity (Wildman–Crippen MR) is 58.3 cm³/mol. The Labute approximate surface area is 96.2 Å². The Kier molecular flexibility index (Phi) is 5.21. The van der Waals surface area contributed by atoms with Crippen LogP contribution in [0.5, 0.6) is 0 Å². The first-order valence-corrected chi connectivity index (χ1v) is 7.29. The summed E-state index contributed by atoms with van der Waals surface area (Å²) in [6.45, 7) is 0.789. The fourth-order valence-corrected chi connectivity index (χ4v) is 2.09. The van der Waals surface area contributed by atoms with Crippen LogP contribution in [0.3, 0.4) is 0 Å². The van der Waals surface area contributed by atoms with Crippen LogP contribution < -0.4 is 0 Å². The van der Waals surface area contributed by atoms with E-state index in [1.165, 1.54) is 0 Å². The van der Waals surface area contributed by atoms with Gasteiger partial charge in [0.15, 0.2) is 0 Å². The van der Waals surface area contributed by atoms with Crippen molar-refractivity contribution in [3.8, 4) is 0 Å². The van der Waals surface area contributed by atoms with Crippen molar-refractivity contribution in [1.82, 2.24) is 0 Å². The Morgan fingerprint density at radius 1 is 1.38 bits per heavy atom. The zero-order valence-electron chi connectivity index (χ0n) is 9.48. The highest BCUT2D eigenvalue weighted by Crippen LogP contribution is 2.20. The zero-order valence-corrected chi connectivity index (χ0v) is 10.3. The predicted octanol–water partition coefficient (Wildman–Crippen LogP) is 1.09. The van der Waals surface area contributed by atoms with Crippen molar-refractivity contribution in [1.29, 1.82) is 0 Å². The molecule has 0 aromatic heterocycles. The van der Waals surface area contributed by atoms with Crippen LogP contribution in [-0.2, 0) is 23.8 Å². The molecule has 1 atom stereocenters. The van der Waals surface area contributed by atoms with Crippen LogP contribution in [0.25, 0.3) is 0 Å². The van der Waals surface area contributed by atoms with Crippen molar-refractivity contribution in [2.45, 2.75) is 32.1 Å². The van der Waals surface area contributed by atoms with Crippen molar-refractivity contribution in [2.75, 3.05) is 19.5 Å². The van der Waals surface area contributed by atoms with Gasteiger partial charge in [-0.05, 0) is 12.8 Å². The number of rotatable bonds is 7. The topological polar surface area (TPSA) is 69.7 Å². The molecule has 0 saturated carbocycles. The van der Waals surface area contributed by atoms with E-state index in [0.29, 0.717) is 18.9 Å². The number of carbonyl (C=O) groups is 1. The van der Waals surface area contributed by atoms with Crippen molar-refractivity contribution in [3.05, 3.63) is 0 Å². The standard InChI is InChI=1S/C10H18O5S/c1-16(12,13)15-6-4-2-3-5-9-7-10(11)14-8-9/h9H,2-8H2,1H3. The molecule has 6 heteroatoms. The van der Waals surface area contributed by atoms with E-state index in [4.69, 9.17) is 4.74 Å². The average Bonchev–Trinajstić information content (AvgIpc) is 2.56. The number of ether oxygens (including phenoxy) is 1. The van der Waals surface area contributed by atoms with Gasteiger partial charge in [0, 0.05) is 5.92 Å². The van der Waals surface area contributed by atoms with Crippen LogP contribution in [-0.4, -0.2) is 33.9 Å². The number of hydrogen-bond acceptors (Lipinski definition) is 5. The fraction of sp³-hybridized carbons (Fsp3) is 0.900. The first-order chi connectivity index (χ1) is 7.47. The molecule has 0 spiro atoms. The molecule has 0 radical (unpaired) electrons. The van der Waals surface area contributed by atoms with E-state index < -0.39 is 10.1 Å². The van der Waals surface area contributed by atoms with Crippen molar-refractivity contribution < 1.29 is 22.1 Å². The number of hydrogen-bond donors (Lipinski definition) is 0. The molecule has 1 heterocycles. The number of cyclic esters (lactones) is 1. The second-order valence-electron chi connectivity index (χ2n) is 4.13. The highest BCUT2D eigenvalue weighted by atomic mass is 32.2. The molecule has 1 aliphatic rings. The zero-order chi connectivity index (χ0) is 12.0. The van der Waals surface area contributed by atoms with Crippen LogP contribution in [0, 0.1) is 5.92 Å². The van der Waals surface area contributed by atoms with Gasteiger partial charge in [-0.3, -0.25) is 8.98 Å². The summed E-state index contributed by atoms with van der Waals surface area (Å²) in [5.74, 6) is 0.244. The first kappa shape index (κ1) is 13.4. The molecule has 0 bridgehead atoms. The Morgan fingerprint density at radius 3 is 2.69 bits per heavy atom. The fourth-order valence-electron chi connectivity index (χ4n) is 1.67. The molecule has 1 rings (SSSR count). The molecule has 0 aliphatic carbocycles. The number of unbranched alkanes of at least 4 members (excludes halogenated alkanes) is 2. The minimum Gasteiger partial charge on any atom is -0.465 e. The quantitative estimate of drug-likeness (QED) is 0.384. The third-order valence-corrected chi connectivity index (χ3v) is 3.08. The molecule has 0 N–H and O–H groups in total. The number of esters is 1. The molecular weight excluding hydrogens is 232 g/mol. The maximum Gasteiger partial charge on any atom is 0.306 e. The lowest BCUT2D eigenvalue weighted by atomic mass is 10.0. The van der Waals surface area contributed by atoms with Crippen LogP contribution in [0.15, 0.2) is 0 Å². The average molecular weight is 250 g/mol. The Balaban J connectivity index is 1.94. The summed E-state index contributed by atoms with van der Waals surface area (Å²) in [6.07, 6.45) is 5.17. The molecule has 5 nitrogen and oxygen atoms in total. The molecule has 1 unspecified atom stereocenters. The normalized spacial score (nSPS) is 21.1. The van der Waals surface area contributed by atoms with E-state index in [9.17, 15) is 13.2 Å². The van der Waals surface area contributed by atoms with E-state index >= 15 is 0 Å². The second-order valence-corrected chi connectivity index (χ2v) is 5.77. The van der Waals surface area contributed by atoms with E-state index in [1.807, 2.05) is 0 Å². The first-order valence-electron chi connectivity index (χ1n) is 5.47. The molecule has 0 aromatic carbocycles. The maximum absolute atomic E-state index is 10.8. The van der Waals surface area contributed by atoms with Gasteiger partial charge >= 0.3 is 5.97 Å². The summed E-state index contributed by atoms with van der Waals surface area (Å²) in [4.78, 5) is 10.8. The molecule has 0 amide bonds. The largest absolute Gasteiger partial charge is 0.465 e. The van der Waals surface area contributed by atoms with Gasteiger partial charge in [0.2, 0.25) is 0 Å². The lowest BCUT2D eigenvalue weighted by Gasteiger charge is -2.05. The molecule has 1 aliphatic heterocycles. The summed E-state index contributed by atoms with van der Waals surface area (Å²) < 4.78 is 30.7. The van der Waals surface area contributed by atoms with Gasteiger partial charge in [0.25, 0.3) is 10.1 Å². The molecule has 1 saturated heterocycles. The van der Waals surface area contributed by atoms with Gasteiger partial charge in [-0.2, -0.15) is 8.42 Å². The maximum atomic E-state index is 10.8. The van der Waals surface area contributed by atoms with E-state index in [-0.39, 0.29) is 12.6 Å². The van der Waals surface area contributed by atoms with Gasteiger partial charge in [-0.25, -0.2) is 0 Å². The smallest absolute Gasteiger partial charge is 0.306 e. The van der Waals surface area contributed by atoms with Crippen LogP contribution >= 0.6 is 0 Å². The minimum atomic E-state index is -3.30. The van der Waals surface area contributed by atoms with Crippen molar-refractivity contribution >= 4 is 16.1 Å². The van der Waals surface area contributed by atoms with Gasteiger partial charge in [-0.15, -0.1) is 0 Å². The molecule has 0 aromatic rings. The van der Waals surface area contributed by atoms with Gasteiger partial charge in [-0.1, -0.05) is 12.8 Å². The van der Waals surface area contributed by atoms with Crippen LogP contribution in [0.1, 0.15) is 32.1 Å². The van der Waals surface area contributed by atoms with Gasteiger partial charge in [0.1, 0.15) is 0 Å². The molecule has 16 heavy (non-hydrogen) atoms. The van der Waals surface area contributed by atoms with Crippen molar-refractivity contribution in [2.24, 2.45) is 5.92 Å². The SMILES string of the molecule is CS(=O)(=O)OCCCCCC1COC(=O)C1. The Morgan fingerprint density at radius 2 is 2.12 bits per heavy atom. The summed E-state index contributed by atoms with van der Waals surface area (Å²) in [6, 6.07) is 0. The molecule has 94 valence electrons. The van der Waals surface area contributed by atoms with Gasteiger partial charge < -0.3 is 4.74 Å². The Hall–Kier alpha value is -0.620. The summed E-state index contributed by atoms with van der Waals surface area (Å²) >= 11 is 0. The molecular formula is C10H18O5S. The minimum absolute atomic E-state index is 0.106. The second kappa shape index (κ2) is 6.20. The molecule has 1 fully saturated rings. The third kappa shape index (κ3) is 6.07. The van der Waals surface area contributed by atoms with Crippen molar-refractivity contribution in [3.63, 3.8) is 0 Å².